The molecule has 0 fully saturated rings. The van der Waals surface area contributed by atoms with Crippen molar-refractivity contribution in [3.8, 4) is 11.1 Å². The molecule has 2 aliphatic carbocycles. The van der Waals surface area contributed by atoms with Gasteiger partial charge in [0, 0.05) is 28.2 Å². The van der Waals surface area contributed by atoms with Crippen LogP contribution in [0.2, 0.25) is 0 Å². The van der Waals surface area contributed by atoms with Crippen LogP contribution in [0.15, 0.2) is 150 Å². The Hall–Kier alpha value is -4.62. The van der Waals surface area contributed by atoms with E-state index in [0.29, 0.717) is 5.92 Å². The Kier molecular flexibility index (Phi) is 4.63. The topological polar surface area (TPSA) is 13.1 Å². The van der Waals surface area contributed by atoms with Gasteiger partial charge in [0.25, 0.3) is 0 Å². The zero-order valence-electron chi connectivity index (χ0n) is 20.9. The summed E-state index contributed by atoms with van der Waals surface area (Å²) >= 11 is 0. The van der Waals surface area contributed by atoms with E-state index in [4.69, 9.17) is 4.42 Å². The monoisotopic (exact) mass is 486 g/mol. The molecule has 0 aliphatic heterocycles. The molecule has 1 heterocycles. The fourth-order valence-electron chi connectivity index (χ4n) is 7.19. The van der Waals surface area contributed by atoms with Crippen LogP contribution in [0.3, 0.4) is 0 Å². The van der Waals surface area contributed by atoms with E-state index in [9.17, 15) is 0 Å². The summed E-state index contributed by atoms with van der Waals surface area (Å²) in [5.74, 6) is 0.592. The predicted octanol–water partition coefficient (Wildman–Crippen LogP) is 9.43. The molecule has 0 spiro atoms. The average Bonchev–Trinajstić information content (AvgIpc) is 3.52. The van der Waals surface area contributed by atoms with Gasteiger partial charge in [0.2, 0.25) is 0 Å². The van der Waals surface area contributed by atoms with Crippen molar-refractivity contribution in [2.75, 3.05) is 0 Å². The Morgan fingerprint density at radius 2 is 1.21 bits per heavy atom. The van der Waals surface area contributed by atoms with Crippen molar-refractivity contribution in [1.29, 1.82) is 0 Å². The van der Waals surface area contributed by atoms with E-state index >= 15 is 0 Å². The summed E-state index contributed by atoms with van der Waals surface area (Å²) in [6.45, 7) is 0. The Morgan fingerprint density at radius 1 is 0.526 bits per heavy atom. The molecular formula is C37H26O. The maximum Gasteiger partial charge on any atom is 0.143 e. The van der Waals surface area contributed by atoms with Crippen LogP contribution in [0.25, 0.3) is 33.1 Å². The van der Waals surface area contributed by atoms with Gasteiger partial charge in [-0.15, -0.1) is 0 Å². The first-order chi connectivity index (χ1) is 18.9. The van der Waals surface area contributed by atoms with E-state index in [1.54, 1.807) is 0 Å². The molecule has 0 N–H and O–H groups in total. The standard InChI is InChI=1S/C37H26O/c1-2-13-25(14-3-1)37(32-21-8-4-15-26(32)27-16-5-9-22-33(27)37)34-23-10-6-17-28(34)30-19-12-20-31-29-18-7-11-24-35(29)38-36(30)31/h1-24,26,32H. The van der Waals surface area contributed by atoms with Gasteiger partial charge in [-0.1, -0.05) is 140 Å². The van der Waals surface area contributed by atoms with Crippen LogP contribution in [-0.2, 0) is 5.41 Å². The first-order valence-electron chi connectivity index (χ1n) is 13.4. The van der Waals surface area contributed by atoms with Gasteiger partial charge in [0.15, 0.2) is 0 Å². The second-order valence-corrected chi connectivity index (χ2v) is 10.4. The van der Waals surface area contributed by atoms with Crippen molar-refractivity contribution >= 4 is 21.9 Å². The van der Waals surface area contributed by atoms with Crippen LogP contribution in [0.5, 0.6) is 0 Å². The zero-order valence-corrected chi connectivity index (χ0v) is 20.9. The maximum atomic E-state index is 6.55. The lowest BCUT2D eigenvalue weighted by Crippen LogP contribution is -2.35. The van der Waals surface area contributed by atoms with Crippen LogP contribution in [0, 0.1) is 5.92 Å². The minimum atomic E-state index is -0.339. The van der Waals surface area contributed by atoms with Gasteiger partial charge in [0.1, 0.15) is 11.2 Å². The van der Waals surface area contributed by atoms with Crippen molar-refractivity contribution in [2.24, 2.45) is 5.92 Å². The van der Waals surface area contributed by atoms with E-state index in [2.05, 4.69) is 140 Å². The molecule has 0 radical (unpaired) electrons. The highest BCUT2D eigenvalue weighted by Gasteiger charge is 2.53. The lowest BCUT2D eigenvalue weighted by atomic mass is 9.62. The molecule has 0 bridgehead atoms. The number of furan rings is 1. The van der Waals surface area contributed by atoms with E-state index in [0.717, 1.165) is 27.5 Å². The fourth-order valence-corrected chi connectivity index (χ4v) is 7.19. The fraction of sp³-hybridized carbons (Fsp3) is 0.0811. The molecule has 0 saturated carbocycles. The van der Waals surface area contributed by atoms with Crippen LogP contribution >= 0.6 is 0 Å². The number of rotatable bonds is 3. The Labute approximate surface area is 222 Å². The molecule has 1 aromatic heterocycles. The Bertz CT molecular complexity index is 1890. The third-order valence-electron chi connectivity index (χ3n) is 8.66. The molecule has 2 aliphatic rings. The van der Waals surface area contributed by atoms with E-state index in [1.165, 1.54) is 27.8 Å². The van der Waals surface area contributed by atoms with Gasteiger partial charge >= 0.3 is 0 Å². The van der Waals surface area contributed by atoms with E-state index < -0.39 is 0 Å². The summed E-state index contributed by atoms with van der Waals surface area (Å²) in [6.07, 6.45) is 9.25. The average molecular weight is 487 g/mol. The number of benzene rings is 5. The van der Waals surface area contributed by atoms with Crippen LogP contribution in [0.4, 0.5) is 0 Å². The molecule has 3 atom stereocenters. The van der Waals surface area contributed by atoms with Gasteiger partial charge < -0.3 is 4.42 Å². The minimum absolute atomic E-state index is 0.267. The second-order valence-electron chi connectivity index (χ2n) is 10.4. The third-order valence-corrected chi connectivity index (χ3v) is 8.66. The largest absolute Gasteiger partial charge is 0.455 e. The summed E-state index contributed by atoms with van der Waals surface area (Å²) in [5, 5.41) is 2.32. The second kappa shape index (κ2) is 8.19. The molecule has 1 nitrogen and oxygen atoms in total. The van der Waals surface area contributed by atoms with Gasteiger partial charge in [-0.2, -0.15) is 0 Å². The molecule has 38 heavy (non-hydrogen) atoms. The van der Waals surface area contributed by atoms with E-state index in [-0.39, 0.29) is 11.3 Å². The van der Waals surface area contributed by atoms with Crippen molar-refractivity contribution in [1.82, 2.24) is 0 Å². The van der Waals surface area contributed by atoms with Gasteiger partial charge in [-0.05, 0) is 33.9 Å². The highest BCUT2D eigenvalue weighted by molar-refractivity contribution is 6.09. The van der Waals surface area contributed by atoms with Gasteiger partial charge in [-0.25, -0.2) is 0 Å². The summed E-state index contributed by atoms with van der Waals surface area (Å²) in [5.41, 5.74) is 9.35. The quantitative estimate of drug-likeness (QED) is 0.243. The van der Waals surface area contributed by atoms with Crippen LogP contribution < -0.4 is 0 Å². The number of fused-ring (bicyclic) bond motifs is 6. The summed E-state index contributed by atoms with van der Waals surface area (Å²) in [6, 6.07) is 44.0. The molecule has 0 amide bonds. The van der Waals surface area contributed by atoms with Crippen molar-refractivity contribution in [3.63, 3.8) is 0 Å². The normalized spacial score (nSPS) is 21.6. The molecule has 1 heteroatoms. The number of hydrogen-bond donors (Lipinski definition) is 0. The lowest BCUT2D eigenvalue weighted by molar-refractivity contribution is 0.457. The molecule has 6 aromatic rings. The predicted molar refractivity (Wildman–Crippen MR) is 156 cm³/mol. The summed E-state index contributed by atoms with van der Waals surface area (Å²) in [7, 11) is 0. The molecule has 180 valence electrons. The number of hydrogen-bond acceptors (Lipinski definition) is 1. The minimum Gasteiger partial charge on any atom is -0.455 e. The van der Waals surface area contributed by atoms with Gasteiger partial charge in [0.05, 0.1) is 5.41 Å². The van der Waals surface area contributed by atoms with Crippen molar-refractivity contribution in [2.45, 2.75) is 11.3 Å². The first kappa shape index (κ1) is 21.5. The Balaban J connectivity index is 1.49. The summed E-state index contributed by atoms with van der Waals surface area (Å²) in [4.78, 5) is 0. The maximum absolute atomic E-state index is 6.55. The van der Waals surface area contributed by atoms with Gasteiger partial charge in [-0.3, -0.25) is 0 Å². The highest BCUT2D eigenvalue weighted by atomic mass is 16.3. The smallest absolute Gasteiger partial charge is 0.143 e. The highest BCUT2D eigenvalue weighted by Crippen LogP contribution is 2.60. The van der Waals surface area contributed by atoms with E-state index in [1.807, 2.05) is 6.07 Å². The van der Waals surface area contributed by atoms with Crippen molar-refractivity contribution in [3.05, 3.63) is 168 Å². The van der Waals surface area contributed by atoms with Crippen LogP contribution in [0.1, 0.15) is 28.2 Å². The molecule has 8 rings (SSSR count). The summed E-state index contributed by atoms with van der Waals surface area (Å²) < 4.78 is 6.55. The third kappa shape index (κ3) is 2.82. The number of allylic oxidation sites excluding steroid dienone is 4. The molecule has 3 unspecified atom stereocenters. The zero-order chi connectivity index (χ0) is 25.1. The Morgan fingerprint density at radius 3 is 2.13 bits per heavy atom. The first-order valence-corrected chi connectivity index (χ1v) is 13.4. The van der Waals surface area contributed by atoms with Crippen molar-refractivity contribution < 1.29 is 4.42 Å². The molecule has 0 saturated heterocycles. The molecular weight excluding hydrogens is 460 g/mol. The SMILES string of the molecule is C1=CC2c3ccccc3C(c3ccccc3)(c3ccccc3-c3cccc4c3oc3ccccc34)C2C=C1. The van der Waals surface area contributed by atoms with Crippen LogP contribution in [-0.4, -0.2) is 0 Å². The number of para-hydroxylation sites is 2. The lowest BCUT2D eigenvalue weighted by Gasteiger charge is -2.40. The molecule has 5 aromatic carbocycles.